The Kier molecular flexibility index (Phi) is 4.44. The molecule has 0 saturated carbocycles. The number of hydrogen-bond acceptors (Lipinski definition) is 4. The second-order valence-corrected chi connectivity index (χ2v) is 8.01. The number of nitrogens with zero attached hydrogens (tertiary/aromatic N) is 1. The van der Waals surface area contributed by atoms with E-state index in [0.29, 0.717) is 12.7 Å². The first-order valence-corrected chi connectivity index (χ1v) is 10.1. The van der Waals surface area contributed by atoms with Crippen LogP contribution < -0.4 is 14.2 Å². The minimum absolute atomic E-state index is 0.362. The molecule has 2 heterocycles. The van der Waals surface area contributed by atoms with Crippen molar-refractivity contribution in [3.05, 3.63) is 52.6 Å². The van der Waals surface area contributed by atoms with Crippen LogP contribution in [0, 0.1) is 0 Å². The maximum absolute atomic E-state index is 5.74. The number of likely N-dealkylation sites (N-methyl/N-ethyl adjacent to an activating group) is 1. The summed E-state index contributed by atoms with van der Waals surface area (Å²) in [4.78, 5) is 2.47. The van der Waals surface area contributed by atoms with Crippen molar-refractivity contribution in [3.63, 3.8) is 0 Å². The summed E-state index contributed by atoms with van der Waals surface area (Å²) < 4.78 is 17.0. The molecule has 0 aromatic heterocycles. The molecule has 2 aromatic rings. The summed E-state index contributed by atoms with van der Waals surface area (Å²) in [6.07, 6.45) is 5.71. The van der Waals surface area contributed by atoms with Crippen LogP contribution in [0.15, 0.2) is 30.3 Å². The first-order valence-electron chi connectivity index (χ1n) is 10.1. The van der Waals surface area contributed by atoms with Gasteiger partial charge in [-0.1, -0.05) is 18.2 Å². The fraction of sp³-hybridized carbons (Fsp3) is 0.478. The van der Waals surface area contributed by atoms with Crippen molar-refractivity contribution in [2.75, 3.05) is 33.5 Å². The summed E-state index contributed by atoms with van der Waals surface area (Å²) in [5.41, 5.74) is 5.56. The quantitative estimate of drug-likeness (QED) is 0.803. The summed E-state index contributed by atoms with van der Waals surface area (Å²) in [5.74, 6) is 3.59. The largest absolute Gasteiger partial charge is 0.493 e. The monoisotopic (exact) mass is 365 g/mol. The molecule has 1 atom stereocenters. The van der Waals surface area contributed by atoms with Gasteiger partial charge >= 0.3 is 0 Å². The Labute approximate surface area is 161 Å². The molecule has 0 fully saturated rings. The Morgan fingerprint density at radius 2 is 2.00 bits per heavy atom. The molecule has 0 spiro atoms. The van der Waals surface area contributed by atoms with Crippen molar-refractivity contribution in [1.29, 1.82) is 0 Å². The molecule has 0 saturated heterocycles. The summed E-state index contributed by atoms with van der Waals surface area (Å²) >= 11 is 0. The van der Waals surface area contributed by atoms with E-state index >= 15 is 0 Å². The molecule has 4 heteroatoms. The van der Waals surface area contributed by atoms with E-state index in [0.717, 1.165) is 56.2 Å². The first-order chi connectivity index (χ1) is 13.3. The fourth-order valence-electron chi connectivity index (χ4n) is 4.71. The second-order valence-electron chi connectivity index (χ2n) is 8.01. The van der Waals surface area contributed by atoms with Crippen LogP contribution in [0.4, 0.5) is 0 Å². The maximum Gasteiger partial charge on any atom is 0.231 e. The van der Waals surface area contributed by atoms with E-state index in [4.69, 9.17) is 14.2 Å². The minimum atomic E-state index is 0.362. The lowest BCUT2D eigenvalue weighted by Gasteiger charge is -2.30. The Balaban J connectivity index is 1.24. The summed E-state index contributed by atoms with van der Waals surface area (Å²) in [7, 11) is 2.24. The molecule has 27 heavy (non-hydrogen) atoms. The number of fused-ring (bicyclic) bond motifs is 4. The molecular weight excluding hydrogens is 338 g/mol. The Bertz CT molecular complexity index is 848. The third-order valence-electron chi connectivity index (χ3n) is 6.17. The van der Waals surface area contributed by atoms with E-state index < -0.39 is 0 Å². The van der Waals surface area contributed by atoms with Crippen molar-refractivity contribution in [1.82, 2.24) is 4.90 Å². The van der Waals surface area contributed by atoms with Gasteiger partial charge in [0.2, 0.25) is 6.79 Å². The smallest absolute Gasteiger partial charge is 0.231 e. The molecule has 4 nitrogen and oxygen atoms in total. The van der Waals surface area contributed by atoms with E-state index in [1.807, 2.05) is 0 Å². The highest BCUT2D eigenvalue weighted by Crippen LogP contribution is 2.44. The van der Waals surface area contributed by atoms with Gasteiger partial charge in [-0.05, 0) is 67.5 Å². The topological polar surface area (TPSA) is 30.9 Å². The zero-order chi connectivity index (χ0) is 18.2. The summed E-state index contributed by atoms with van der Waals surface area (Å²) in [6, 6.07) is 11.1. The summed E-state index contributed by atoms with van der Waals surface area (Å²) in [6.45, 7) is 3.35. The number of rotatable bonds is 5. The zero-order valence-electron chi connectivity index (χ0n) is 16.0. The van der Waals surface area contributed by atoms with Gasteiger partial charge in [-0.2, -0.15) is 0 Å². The van der Waals surface area contributed by atoms with Gasteiger partial charge in [0.25, 0.3) is 0 Å². The van der Waals surface area contributed by atoms with Gasteiger partial charge in [0.05, 0.1) is 6.61 Å². The standard InChI is InChI=1S/C23H27NO3/c1-24(11-9-16-5-6-17-10-12-25-22(17)13-16)14-18-3-2-4-20-19(18)7-8-21-23(20)27-15-26-21/h5-8,13,18H,2-4,9-12,14-15H2,1H3/t18-/m0/s1. The van der Waals surface area contributed by atoms with Gasteiger partial charge in [0.15, 0.2) is 11.5 Å². The fourth-order valence-corrected chi connectivity index (χ4v) is 4.71. The Morgan fingerprint density at radius 1 is 1.04 bits per heavy atom. The molecule has 2 aliphatic heterocycles. The molecule has 0 radical (unpaired) electrons. The van der Waals surface area contributed by atoms with Crippen LogP contribution in [0.25, 0.3) is 0 Å². The Morgan fingerprint density at radius 3 is 2.96 bits per heavy atom. The molecule has 3 aliphatic rings. The number of benzene rings is 2. The lowest BCUT2D eigenvalue weighted by atomic mass is 9.82. The van der Waals surface area contributed by atoms with E-state index in [1.165, 1.54) is 35.1 Å². The van der Waals surface area contributed by atoms with Gasteiger partial charge in [-0.15, -0.1) is 0 Å². The zero-order valence-corrected chi connectivity index (χ0v) is 16.0. The molecule has 0 bridgehead atoms. The third-order valence-corrected chi connectivity index (χ3v) is 6.17. The van der Waals surface area contributed by atoms with E-state index in [1.54, 1.807) is 0 Å². The highest BCUT2D eigenvalue weighted by Gasteiger charge is 2.28. The van der Waals surface area contributed by atoms with Crippen molar-refractivity contribution in [2.24, 2.45) is 0 Å². The molecule has 0 N–H and O–H groups in total. The predicted octanol–water partition coefficient (Wildman–Crippen LogP) is 3.94. The van der Waals surface area contributed by atoms with E-state index in [9.17, 15) is 0 Å². The third kappa shape index (κ3) is 3.27. The van der Waals surface area contributed by atoms with Crippen LogP contribution in [-0.4, -0.2) is 38.4 Å². The SMILES string of the molecule is CN(CCc1ccc2c(c1)OCC2)C[C@@H]1CCCc2c1ccc1c2OCO1. The molecule has 142 valence electrons. The maximum atomic E-state index is 5.74. The first kappa shape index (κ1) is 16.9. The normalized spacial score (nSPS) is 19.7. The molecule has 1 aliphatic carbocycles. The minimum Gasteiger partial charge on any atom is -0.493 e. The Hall–Kier alpha value is -2.20. The van der Waals surface area contributed by atoms with Crippen LogP contribution in [0.1, 0.15) is 41.0 Å². The second kappa shape index (κ2) is 7.08. The van der Waals surface area contributed by atoms with E-state index in [-0.39, 0.29) is 0 Å². The van der Waals surface area contributed by atoms with Crippen molar-refractivity contribution >= 4 is 0 Å². The molecule has 2 aromatic carbocycles. The van der Waals surface area contributed by atoms with Crippen molar-refractivity contribution in [3.8, 4) is 17.2 Å². The van der Waals surface area contributed by atoms with Crippen molar-refractivity contribution < 1.29 is 14.2 Å². The number of ether oxygens (including phenoxy) is 3. The van der Waals surface area contributed by atoms with E-state index in [2.05, 4.69) is 42.3 Å². The molecular formula is C23H27NO3. The van der Waals surface area contributed by atoms with Gasteiger partial charge in [-0.3, -0.25) is 0 Å². The van der Waals surface area contributed by atoms with Crippen LogP contribution in [0.2, 0.25) is 0 Å². The van der Waals surface area contributed by atoms with Crippen LogP contribution in [0.3, 0.4) is 0 Å². The predicted molar refractivity (Wildman–Crippen MR) is 105 cm³/mol. The van der Waals surface area contributed by atoms with Crippen LogP contribution in [-0.2, 0) is 19.3 Å². The average Bonchev–Trinajstić information content (AvgIpc) is 3.35. The highest BCUT2D eigenvalue weighted by atomic mass is 16.7. The number of hydrogen-bond donors (Lipinski definition) is 0. The van der Waals surface area contributed by atoms with Gasteiger partial charge in [0.1, 0.15) is 5.75 Å². The van der Waals surface area contributed by atoms with Gasteiger partial charge in [0, 0.05) is 25.1 Å². The lowest BCUT2D eigenvalue weighted by Crippen LogP contribution is -2.28. The van der Waals surface area contributed by atoms with Gasteiger partial charge in [-0.25, -0.2) is 0 Å². The van der Waals surface area contributed by atoms with Crippen molar-refractivity contribution in [2.45, 2.75) is 38.0 Å². The van der Waals surface area contributed by atoms with Gasteiger partial charge < -0.3 is 19.1 Å². The molecule has 5 rings (SSSR count). The average molecular weight is 365 g/mol. The van der Waals surface area contributed by atoms with Crippen LogP contribution >= 0.6 is 0 Å². The molecule has 0 amide bonds. The van der Waals surface area contributed by atoms with Crippen LogP contribution in [0.5, 0.6) is 17.2 Å². The summed E-state index contributed by atoms with van der Waals surface area (Å²) in [5, 5.41) is 0. The highest BCUT2D eigenvalue weighted by molar-refractivity contribution is 5.54. The lowest BCUT2D eigenvalue weighted by molar-refractivity contribution is 0.173. The molecule has 0 unspecified atom stereocenters.